The predicted octanol–water partition coefficient (Wildman–Crippen LogP) is 0.270. The number of aliphatic hydroxyl groups is 2. The van der Waals surface area contributed by atoms with Crippen LogP contribution in [0, 0.1) is 5.92 Å². The van der Waals surface area contributed by atoms with Gasteiger partial charge in [0.15, 0.2) is 5.79 Å². The highest BCUT2D eigenvalue weighted by molar-refractivity contribution is 4.95. The average molecular weight is 202 g/mol. The molecule has 1 heterocycles. The summed E-state index contributed by atoms with van der Waals surface area (Å²) in [5.41, 5.74) is 0. The van der Waals surface area contributed by atoms with Crippen molar-refractivity contribution < 1.29 is 19.7 Å². The number of aliphatic hydroxyl groups excluding tert-OH is 2. The highest BCUT2D eigenvalue weighted by Crippen LogP contribution is 2.42. The molecule has 0 spiro atoms. The molecule has 2 fully saturated rings. The molecule has 2 aliphatic rings. The molecule has 1 saturated carbocycles. The predicted molar refractivity (Wildman–Crippen MR) is 49.6 cm³/mol. The van der Waals surface area contributed by atoms with E-state index < -0.39 is 11.9 Å². The summed E-state index contributed by atoms with van der Waals surface area (Å²) < 4.78 is 11.4. The first-order valence-electron chi connectivity index (χ1n) is 5.18. The third kappa shape index (κ3) is 1.67. The SMILES string of the molecule is CC1(C)OC2CC[C@@H](C(O)CO)[C@H]2O1. The zero-order valence-electron chi connectivity index (χ0n) is 8.64. The van der Waals surface area contributed by atoms with Gasteiger partial charge >= 0.3 is 0 Å². The maximum Gasteiger partial charge on any atom is 0.163 e. The lowest BCUT2D eigenvalue weighted by molar-refractivity contribution is -0.161. The van der Waals surface area contributed by atoms with E-state index in [1.54, 1.807) is 0 Å². The highest BCUT2D eigenvalue weighted by Gasteiger charge is 2.50. The highest BCUT2D eigenvalue weighted by atomic mass is 16.8. The van der Waals surface area contributed by atoms with Gasteiger partial charge in [-0.15, -0.1) is 0 Å². The number of fused-ring (bicyclic) bond motifs is 1. The van der Waals surface area contributed by atoms with Gasteiger partial charge in [0.1, 0.15) is 0 Å². The largest absolute Gasteiger partial charge is 0.394 e. The number of hydrogen-bond donors (Lipinski definition) is 2. The van der Waals surface area contributed by atoms with E-state index in [0.717, 1.165) is 12.8 Å². The fraction of sp³-hybridized carbons (Fsp3) is 1.00. The fourth-order valence-corrected chi connectivity index (χ4v) is 2.52. The van der Waals surface area contributed by atoms with Gasteiger partial charge in [0.2, 0.25) is 0 Å². The van der Waals surface area contributed by atoms with E-state index >= 15 is 0 Å². The van der Waals surface area contributed by atoms with Gasteiger partial charge in [-0.1, -0.05) is 0 Å². The van der Waals surface area contributed by atoms with Crippen LogP contribution >= 0.6 is 0 Å². The Kier molecular flexibility index (Phi) is 2.55. The molecule has 4 nitrogen and oxygen atoms in total. The van der Waals surface area contributed by atoms with Gasteiger partial charge in [0, 0.05) is 5.92 Å². The van der Waals surface area contributed by atoms with E-state index in [1.165, 1.54) is 0 Å². The van der Waals surface area contributed by atoms with Gasteiger partial charge in [0.05, 0.1) is 24.9 Å². The Hall–Kier alpha value is -0.160. The van der Waals surface area contributed by atoms with Crippen LogP contribution in [-0.4, -0.2) is 40.9 Å². The molecule has 0 amide bonds. The quantitative estimate of drug-likeness (QED) is 0.675. The van der Waals surface area contributed by atoms with Gasteiger partial charge in [-0.3, -0.25) is 0 Å². The maximum atomic E-state index is 9.59. The minimum absolute atomic E-state index is 0.0202. The first-order chi connectivity index (χ1) is 6.53. The van der Waals surface area contributed by atoms with Crippen molar-refractivity contribution in [1.82, 2.24) is 0 Å². The molecule has 0 aromatic rings. The zero-order chi connectivity index (χ0) is 10.3. The number of rotatable bonds is 2. The lowest BCUT2D eigenvalue weighted by Crippen LogP contribution is -2.34. The fourth-order valence-electron chi connectivity index (χ4n) is 2.52. The molecule has 4 heteroatoms. The molecule has 1 saturated heterocycles. The van der Waals surface area contributed by atoms with Crippen LogP contribution in [-0.2, 0) is 9.47 Å². The van der Waals surface area contributed by atoms with Crippen molar-refractivity contribution in [3.05, 3.63) is 0 Å². The Bertz CT molecular complexity index is 216. The van der Waals surface area contributed by atoms with E-state index in [-0.39, 0.29) is 24.7 Å². The molecular weight excluding hydrogens is 184 g/mol. The number of hydrogen-bond acceptors (Lipinski definition) is 4. The van der Waals surface area contributed by atoms with Crippen molar-refractivity contribution in [2.45, 2.75) is 50.8 Å². The molecule has 2 unspecified atom stereocenters. The van der Waals surface area contributed by atoms with E-state index in [1.807, 2.05) is 13.8 Å². The van der Waals surface area contributed by atoms with Gasteiger partial charge in [-0.2, -0.15) is 0 Å². The molecule has 1 aliphatic heterocycles. The molecule has 2 N–H and O–H groups in total. The molecule has 0 radical (unpaired) electrons. The Morgan fingerprint density at radius 3 is 2.71 bits per heavy atom. The first kappa shape index (κ1) is 10.4. The van der Waals surface area contributed by atoms with Gasteiger partial charge < -0.3 is 19.7 Å². The van der Waals surface area contributed by atoms with E-state index in [2.05, 4.69) is 0 Å². The van der Waals surface area contributed by atoms with Crippen LogP contribution in [0.15, 0.2) is 0 Å². The normalized spacial score (nSPS) is 42.4. The van der Waals surface area contributed by atoms with Gasteiger partial charge in [-0.25, -0.2) is 0 Å². The molecule has 1 aliphatic carbocycles. The van der Waals surface area contributed by atoms with Crippen molar-refractivity contribution in [2.75, 3.05) is 6.61 Å². The van der Waals surface area contributed by atoms with Crippen LogP contribution in [0.25, 0.3) is 0 Å². The van der Waals surface area contributed by atoms with E-state index in [0.29, 0.717) is 0 Å². The van der Waals surface area contributed by atoms with Crippen molar-refractivity contribution in [3.8, 4) is 0 Å². The van der Waals surface area contributed by atoms with E-state index in [4.69, 9.17) is 14.6 Å². The smallest absolute Gasteiger partial charge is 0.163 e. The second-order valence-electron chi connectivity index (χ2n) is 4.63. The van der Waals surface area contributed by atoms with Crippen LogP contribution in [0.3, 0.4) is 0 Å². The summed E-state index contributed by atoms with van der Waals surface area (Å²) in [7, 11) is 0. The van der Waals surface area contributed by atoms with Crippen LogP contribution in [0.5, 0.6) is 0 Å². The Balaban J connectivity index is 2.04. The lowest BCUT2D eigenvalue weighted by Gasteiger charge is -2.24. The monoisotopic (exact) mass is 202 g/mol. The molecule has 14 heavy (non-hydrogen) atoms. The molecule has 0 aromatic heterocycles. The first-order valence-corrected chi connectivity index (χ1v) is 5.18. The summed E-state index contributed by atoms with van der Waals surface area (Å²) >= 11 is 0. The summed E-state index contributed by atoms with van der Waals surface area (Å²) in [6, 6.07) is 0. The van der Waals surface area contributed by atoms with Gasteiger partial charge in [0.25, 0.3) is 0 Å². The summed E-state index contributed by atoms with van der Waals surface area (Å²) in [5, 5.41) is 18.5. The summed E-state index contributed by atoms with van der Waals surface area (Å²) in [5.74, 6) is -0.518. The van der Waals surface area contributed by atoms with Crippen molar-refractivity contribution in [1.29, 1.82) is 0 Å². The lowest BCUT2D eigenvalue weighted by atomic mass is 9.99. The Morgan fingerprint density at radius 2 is 2.07 bits per heavy atom. The molecule has 4 atom stereocenters. The minimum Gasteiger partial charge on any atom is -0.394 e. The van der Waals surface area contributed by atoms with Crippen molar-refractivity contribution in [2.24, 2.45) is 5.92 Å². The summed E-state index contributed by atoms with van der Waals surface area (Å²) in [4.78, 5) is 0. The van der Waals surface area contributed by atoms with Crippen LogP contribution in [0.1, 0.15) is 26.7 Å². The van der Waals surface area contributed by atoms with Crippen LogP contribution in [0.4, 0.5) is 0 Å². The minimum atomic E-state index is -0.678. The Labute approximate surface area is 83.8 Å². The zero-order valence-corrected chi connectivity index (χ0v) is 8.64. The van der Waals surface area contributed by atoms with Crippen molar-refractivity contribution in [3.63, 3.8) is 0 Å². The standard InChI is InChI=1S/C10H18O4/c1-10(2)13-8-4-3-6(7(12)5-11)9(8)14-10/h6-9,11-12H,3-5H2,1-2H3/t6-,7?,8?,9+/m0/s1. The third-order valence-corrected chi connectivity index (χ3v) is 3.11. The van der Waals surface area contributed by atoms with Crippen molar-refractivity contribution >= 4 is 0 Å². The molecule has 0 aromatic carbocycles. The van der Waals surface area contributed by atoms with E-state index in [9.17, 15) is 5.11 Å². The average Bonchev–Trinajstić information content (AvgIpc) is 2.58. The third-order valence-electron chi connectivity index (χ3n) is 3.11. The Morgan fingerprint density at radius 1 is 1.36 bits per heavy atom. The summed E-state index contributed by atoms with van der Waals surface area (Å²) in [6.45, 7) is 3.57. The van der Waals surface area contributed by atoms with Crippen LogP contribution in [0.2, 0.25) is 0 Å². The molecule has 82 valence electrons. The molecule has 0 bridgehead atoms. The second kappa shape index (κ2) is 3.45. The maximum absolute atomic E-state index is 9.59. The molecule has 2 rings (SSSR count). The van der Waals surface area contributed by atoms with Gasteiger partial charge in [-0.05, 0) is 26.7 Å². The summed E-state index contributed by atoms with van der Waals surface area (Å²) in [6.07, 6.45) is 1.15. The molecular formula is C10H18O4. The number of ether oxygens (including phenoxy) is 2. The topological polar surface area (TPSA) is 58.9 Å². The second-order valence-corrected chi connectivity index (χ2v) is 4.63. The van der Waals surface area contributed by atoms with Crippen LogP contribution < -0.4 is 0 Å².